The van der Waals surface area contributed by atoms with E-state index in [4.69, 9.17) is 0 Å². The molecule has 142 valence electrons. The van der Waals surface area contributed by atoms with Crippen molar-refractivity contribution >= 4 is 32.4 Å². The Bertz CT molecular complexity index is 1200. The van der Waals surface area contributed by atoms with Crippen LogP contribution < -0.4 is 10.0 Å². The normalized spacial score (nSPS) is 15.7. The van der Waals surface area contributed by atoms with Crippen molar-refractivity contribution in [1.82, 2.24) is 4.72 Å². The van der Waals surface area contributed by atoms with Crippen molar-refractivity contribution in [2.45, 2.75) is 36.6 Å². The second-order valence-electron chi connectivity index (χ2n) is 7.49. The summed E-state index contributed by atoms with van der Waals surface area (Å²) in [6.45, 7) is 0. The molecule has 2 aliphatic carbocycles. The zero-order valence-corrected chi connectivity index (χ0v) is 16.1. The minimum Gasteiger partial charge on any atom is -0.322 e. The molecule has 0 aromatic heterocycles. The number of amides is 1. The van der Waals surface area contributed by atoms with Crippen LogP contribution in [0.3, 0.4) is 0 Å². The topological polar surface area (TPSA) is 75.3 Å². The van der Waals surface area contributed by atoms with E-state index in [0.29, 0.717) is 11.3 Å². The van der Waals surface area contributed by atoms with Crippen LogP contribution in [-0.2, 0) is 22.9 Å². The average Bonchev–Trinajstić information content (AvgIpc) is 3.39. The maximum absolute atomic E-state index is 12.9. The van der Waals surface area contributed by atoms with Gasteiger partial charge in [0.25, 0.3) is 5.91 Å². The van der Waals surface area contributed by atoms with E-state index < -0.39 is 10.0 Å². The molecule has 5 nitrogen and oxygen atoms in total. The first-order valence-electron chi connectivity index (χ1n) is 9.48. The molecule has 5 rings (SSSR count). The van der Waals surface area contributed by atoms with Crippen LogP contribution in [0.2, 0.25) is 0 Å². The summed E-state index contributed by atoms with van der Waals surface area (Å²) in [5.74, 6) is -0.236. The smallest absolute Gasteiger partial charge is 0.256 e. The highest BCUT2D eigenvalue weighted by Crippen LogP contribution is 2.33. The van der Waals surface area contributed by atoms with Gasteiger partial charge in [0.15, 0.2) is 0 Å². The summed E-state index contributed by atoms with van der Waals surface area (Å²) in [4.78, 5) is 13.1. The van der Waals surface area contributed by atoms with E-state index in [9.17, 15) is 13.2 Å². The van der Waals surface area contributed by atoms with E-state index in [1.807, 2.05) is 24.3 Å². The number of benzene rings is 3. The Labute approximate surface area is 163 Å². The molecule has 0 radical (unpaired) electrons. The van der Waals surface area contributed by atoms with Gasteiger partial charge in [0.2, 0.25) is 10.0 Å². The standard InChI is InChI=1S/C22H20N2O3S/c25-22(20-12-9-15-8-7-14-3-1-6-19(20)21(14)15)23-17-4-2-5-18(13-17)28(26,27)24-16-10-11-16/h1-6,9,12-13,16,24H,7-8,10-11H2,(H,23,25). The highest BCUT2D eigenvalue weighted by molar-refractivity contribution is 7.89. The molecule has 3 aromatic carbocycles. The van der Waals surface area contributed by atoms with Gasteiger partial charge in [-0.25, -0.2) is 13.1 Å². The highest BCUT2D eigenvalue weighted by Gasteiger charge is 2.28. The molecule has 0 aliphatic heterocycles. The quantitative estimate of drug-likeness (QED) is 0.696. The number of aryl methyl sites for hydroxylation is 2. The van der Waals surface area contributed by atoms with Crippen molar-refractivity contribution in [3.8, 4) is 0 Å². The second kappa shape index (κ2) is 6.43. The fourth-order valence-electron chi connectivity index (χ4n) is 3.87. The van der Waals surface area contributed by atoms with Crippen LogP contribution in [0.4, 0.5) is 5.69 Å². The minimum absolute atomic E-state index is 0.0387. The summed E-state index contributed by atoms with van der Waals surface area (Å²) in [7, 11) is -3.56. The summed E-state index contributed by atoms with van der Waals surface area (Å²) < 4.78 is 27.5. The largest absolute Gasteiger partial charge is 0.322 e. The van der Waals surface area contributed by atoms with E-state index in [2.05, 4.69) is 16.1 Å². The SMILES string of the molecule is O=C(Nc1cccc(S(=O)(=O)NC2CC2)c1)c1ccc2c3c(cccc13)CC2. The Morgan fingerprint density at radius 2 is 1.68 bits per heavy atom. The zero-order chi connectivity index (χ0) is 19.3. The van der Waals surface area contributed by atoms with Crippen molar-refractivity contribution in [2.75, 3.05) is 5.32 Å². The number of hydrogen-bond acceptors (Lipinski definition) is 3. The minimum atomic E-state index is -3.56. The Morgan fingerprint density at radius 1 is 0.929 bits per heavy atom. The Morgan fingerprint density at radius 3 is 2.46 bits per heavy atom. The van der Waals surface area contributed by atoms with Gasteiger partial charge < -0.3 is 5.32 Å². The van der Waals surface area contributed by atoms with E-state index in [1.54, 1.807) is 18.2 Å². The molecule has 2 aliphatic rings. The molecule has 0 saturated heterocycles. The summed E-state index contributed by atoms with van der Waals surface area (Å²) >= 11 is 0. The first kappa shape index (κ1) is 17.4. The van der Waals surface area contributed by atoms with Crippen molar-refractivity contribution in [1.29, 1.82) is 0 Å². The molecule has 1 amide bonds. The van der Waals surface area contributed by atoms with Crippen LogP contribution in [0.1, 0.15) is 34.3 Å². The Hall–Kier alpha value is -2.70. The molecule has 1 saturated carbocycles. The third kappa shape index (κ3) is 3.08. The predicted octanol–water partition coefficient (Wildman–Crippen LogP) is 3.63. The molecule has 6 heteroatoms. The van der Waals surface area contributed by atoms with Crippen LogP contribution in [0, 0.1) is 0 Å². The van der Waals surface area contributed by atoms with Gasteiger partial charge in [0.1, 0.15) is 0 Å². The number of nitrogens with one attached hydrogen (secondary N) is 2. The van der Waals surface area contributed by atoms with Crippen molar-refractivity contribution in [3.63, 3.8) is 0 Å². The summed E-state index contributed by atoms with van der Waals surface area (Å²) in [6.07, 6.45) is 3.76. The molecule has 0 bridgehead atoms. The molecule has 3 aromatic rings. The second-order valence-corrected chi connectivity index (χ2v) is 9.20. The lowest BCUT2D eigenvalue weighted by molar-refractivity contribution is 0.102. The van der Waals surface area contributed by atoms with E-state index in [-0.39, 0.29) is 16.8 Å². The van der Waals surface area contributed by atoms with Gasteiger partial charge in [-0.1, -0.05) is 30.3 Å². The maximum Gasteiger partial charge on any atom is 0.256 e. The third-order valence-corrected chi connectivity index (χ3v) is 6.94. The summed E-state index contributed by atoms with van der Waals surface area (Å²) in [6, 6.07) is 16.4. The van der Waals surface area contributed by atoms with Gasteiger partial charge in [0.05, 0.1) is 4.90 Å². The molecule has 2 N–H and O–H groups in total. The number of sulfonamides is 1. The van der Waals surface area contributed by atoms with Gasteiger partial charge in [-0.2, -0.15) is 0 Å². The lowest BCUT2D eigenvalue weighted by Gasteiger charge is -2.11. The van der Waals surface area contributed by atoms with Crippen molar-refractivity contribution in [2.24, 2.45) is 0 Å². The van der Waals surface area contributed by atoms with E-state index >= 15 is 0 Å². The van der Waals surface area contributed by atoms with Crippen molar-refractivity contribution in [3.05, 3.63) is 71.3 Å². The van der Waals surface area contributed by atoms with Crippen LogP contribution in [0.25, 0.3) is 10.8 Å². The summed E-state index contributed by atoms with van der Waals surface area (Å²) in [5.41, 5.74) is 3.63. The van der Waals surface area contributed by atoms with E-state index in [0.717, 1.165) is 31.1 Å². The van der Waals surface area contributed by atoms with Crippen LogP contribution >= 0.6 is 0 Å². The lowest BCUT2D eigenvalue weighted by atomic mass is 9.99. The Kier molecular flexibility index (Phi) is 4.00. The fraction of sp³-hybridized carbons (Fsp3) is 0.227. The highest BCUT2D eigenvalue weighted by atomic mass is 32.2. The Balaban J connectivity index is 1.45. The summed E-state index contributed by atoms with van der Waals surface area (Å²) in [5, 5.41) is 4.99. The first-order valence-corrected chi connectivity index (χ1v) is 11.0. The number of carbonyl (C=O) groups excluding carboxylic acids is 1. The maximum atomic E-state index is 12.9. The molecule has 0 spiro atoms. The number of rotatable bonds is 5. The first-order chi connectivity index (χ1) is 13.5. The number of hydrogen-bond donors (Lipinski definition) is 2. The predicted molar refractivity (Wildman–Crippen MR) is 109 cm³/mol. The molecule has 28 heavy (non-hydrogen) atoms. The molecule has 1 fully saturated rings. The van der Waals surface area contributed by atoms with Crippen molar-refractivity contribution < 1.29 is 13.2 Å². The van der Waals surface area contributed by atoms with Gasteiger partial charge in [-0.05, 0) is 71.8 Å². The van der Waals surface area contributed by atoms with Crippen LogP contribution in [-0.4, -0.2) is 20.4 Å². The molecule has 0 unspecified atom stereocenters. The molecular formula is C22H20N2O3S. The van der Waals surface area contributed by atoms with Gasteiger partial charge in [0, 0.05) is 17.3 Å². The monoisotopic (exact) mass is 392 g/mol. The van der Waals surface area contributed by atoms with Crippen LogP contribution in [0.5, 0.6) is 0 Å². The average molecular weight is 392 g/mol. The third-order valence-electron chi connectivity index (χ3n) is 5.42. The van der Waals surface area contributed by atoms with Gasteiger partial charge in [-0.15, -0.1) is 0 Å². The lowest BCUT2D eigenvalue weighted by Crippen LogP contribution is -2.25. The zero-order valence-electron chi connectivity index (χ0n) is 15.2. The van der Waals surface area contributed by atoms with E-state index in [1.165, 1.54) is 22.6 Å². The molecule has 0 heterocycles. The molecular weight excluding hydrogens is 372 g/mol. The fourth-order valence-corrected chi connectivity index (χ4v) is 5.22. The molecule has 0 atom stereocenters. The van der Waals surface area contributed by atoms with Crippen LogP contribution in [0.15, 0.2) is 59.5 Å². The number of carbonyl (C=O) groups is 1. The van der Waals surface area contributed by atoms with Gasteiger partial charge >= 0.3 is 0 Å². The number of anilines is 1. The van der Waals surface area contributed by atoms with Gasteiger partial charge in [-0.3, -0.25) is 4.79 Å².